The Labute approximate surface area is 192 Å². The maximum Gasteiger partial charge on any atom is 0.254 e. The molecule has 2 aromatic carbocycles. The summed E-state index contributed by atoms with van der Waals surface area (Å²) in [5.74, 6) is -0.906. The molecule has 0 aliphatic carbocycles. The molecule has 0 radical (unpaired) electrons. The molecule has 0 saturated heterocycles. The highest BCUT2D eigenvalue weighted by atomic mass is 32.1. The van der Waals surface area contributed by atoms with E-state index in [1.807, 2.05) is 48.7 Å². The first kappa shape index (κ1) is 23.6. The number of hydrogen-bond acceptors (Lipinski definition) is 4. The average molecular weight is 455 g/mol. The molecule has 1 heterocycles. The van der Waals surface area contributed by atoms with Crippen molar-refractivity contribution in [1.29, 1.82) is 0 Å². The number of benzene rings is 2. The number of hydrogen-bond donors (Lipinski definition) is 0. The summed E-state index contributed by atoms with van der Waals surface area (Å²) in [5, 5.41) is 2.01. The third-order valence-electron chi connectivity index (χ3n) is 5.14. The Morgan fingerprint density at radius 3 is 2.31 bits per heavy atom. The van der Waals surface area contributed by atoms with Gasteiger partial charge in [0.2, 0.25) is 5.91 Å². The molecule has 3 rings (SSSR count). The van der Waals surface area contributed by atoms with Gasteiger partial charge >= 0.3 is 0 Å². The van der Waals surface area contributed by atoms with Crippen LogP contribution in [0.15, 0.2) is 66.0 Å². The summed E-state index contributed by atoms with van der Waals surface area (Å²) in [6, 6.07) is 17.2. The molecule has 0 saturated carbocycles. The van der Waals surface area contributed by atoms with E-state index in [0.29, 0.717) is 25.3 Å². The van der Waals surface area contributed by atoms with Crippen molar-refractivity contribution in [2.45, 2.75) is 20.0 Å². The van der Waals surface area contributed by atoms with Gasteiger partial charge in [-0.3, -0.25) is 9.59 Å². The van der Waals surface area contributed by atoms with Crippen LogP contribution in [0.4, 0.5) is 4.39 Å². The quantitative estimate of drug-likeness (QED) is 0.453. The van der Waals surface area contributed by atoms with E-state index < -0.39 is 5.82 Å². The van der Waals surface area contributed by atoms with Crippen molar-refractivity contribution < 1.29 is 18.7 Å². The minimum absolute atomic E-state index is 0.0865. The minimum atomic E-state index is -0.415. The first-order valence-electron chi connectivity index (χ1n) is 10.4. The van der Waals surface area contributed by atoms with Gasteiger partial charge in [0.15, 0.2) is 0 Å². The molecule has 1 aromatic heterocycles. The molecule has 7 heteroatoms. The molecule has 0 spiro atoms. The molecule has 5 nitrogen and oxygen atoms in total. The second-order valence-corrected chi connectivity index (χ2v) is 8.49. The highest BCUT2D eigenvalue weighted by Gasteiger charge is 2.23. The fourth-order valence-electron chi connectivity index (χ4n) is 3.27. The van der Waals surface area contributed by atoms with Crippen molar-refractivity contribution in [2.24, 2.45) is 0 Å². The second-order valence-electron chi connectivity index (χ2n) is 7.49. The van der Waals surface area contributed by atoms with Gasteiger partial charge in [0, 0.05) is 30.6 Å². The highest BCUT2D eigenvalue weighted by Crippen LogP contribution is 2.20. The number of amides is 2. The number of aryl methyl sites for hydroxylation is 1. The summed E-state index contributed by atoms with van der Waals surface area (Å²) < 4.78 is 18.4. The maximum atomic E-state index is 13.4. The van der Waals surface area contributed by atoms with Crippen LogP contribution >= 0.6 is 11.3 Å². The number of rotatable bonds is 10. The molecule has 0 unspecified atom stereocenters. The van der Waals surface area contributed by atoms with Crippen LogP contribution < -0.4 is 0 Å². The van der Waals surface area contributed by atoms with Crippen LogP contribution in [0.1, 0.15) is 26.4 Å². The van der Waals surface area contributed by atoms with Gasteiger partial charge < -0.3 is 14.5 Å². The molecule has 32 heavy (non-hydrogen) atoms. The Bertz CT molecular complexity index is 1020. The van der Waals surface area contributed by atoms with E-state index in [1.54, 1.807) is 23.3 Å². The van der Waals surface area contributed by atoms with E-state index in [1.165, 1.54) is 29.2 Å². The molecule has 3 aromatic rings. The van der Waals surface area contributed by atoms with Gasteiger partial charge in [0.05, 0.1) is 13.2 Å². The summed E-state index contributed by atoms with van der Waals surface area (Å²) in [7, 11) is 1.55. The molecule has 0 N–H and O–H groups in total. The highest BCUT2D eigenvalue weighted by molar-refractivity contribution is 7.10. The van der Waals surface area contributed by atoms with Gasteiger partial charge in [-0.1, -0.05) is 30.3 Å². The zero-order valence-electron chi connectivity index (χ0n) is 18.3. The third-order valence-corrected chi connectivity index (χ3v) is 6.15. The fraction of sp³-hybridized carbons (Fsp3) is 0.280. The van der Waals surface area contributed by atoms with Gasteiger partial charge in [-0.25, -0.2) is 4.39 Å². The number of carbonyl (C=O) groups is 2. The maximum absolute atomic E-state index is 13.4. The molecule has 0 fully saturated rings. The number of halogens is 1. The first-order valence-corrected chi connectivity index (χ1v) is 11.2. The van der Waals surface area contributed by atoms with E-state index in [9.17, 15) is 14.0 Å². The Kier molecular flexibility index (Phi) is 8.53. The number of nitrogens with zero attached hydrogens (tertiary/aromatic N) is 2. The minimum Gasteiger partial charge on any atom is -0.383 e. The summed E-state index contributed by atoms with van der Waals surface area (Å²) in [6.07, 6.45) is 0. The molecule has 0 atom stereocenters. The topological polar surface area (TPSA) is 49.9 Å². The van der Waals surface area contributed by atoms with Crippen molar-refractivity contribution in [1.82, 2.24) is 9.80 Å². The van der Waals surface area contributed by atoms with Gasteiger partial charge in [0.1, 0.15) is 12.4 Å². The van der Waals surface area contributed by atoms with Crippen LogP contribution in [0.2, 0.25) is 0 Å². The predicted octanol–water partition coefficient (Wildman–Crippen LogP) is 4.51. The monoisotopic (exact) mass is 454 g/mol. The smallest absolute Gasteiger partial charge is 0.254 e. The zero-order chi connectivity index (χ0) is 22.9. The molecule has 0 bridgehead atoms. The Morgan fingerprint density at radius 2 is 1.69 bits per heavy atom. The van der Waals surface area contributed by atoms with Crippen LogP contribution in [0.25, 0.3) is 0 Å². The standard InChI is InChI=1S/C25H27FN2O3S/c1-19-12-15-32-23(19)17-28(16-20-6-4-3-5-7-20)24(29)18-27(13-14-31-2)25(30)21-8-10-22(26)11-9-21/h3-12,15H,13-14,16-18H2,1-2H3. The Balaban J connectivity index is 1.80. The normalized spacial score (nSPS) is 10.7. The molecule has 2 amide bonds. The number of methoxy groups -OCH3 is 1. The molecular formula is C25H27FN2O3S. The van der Waals surface area contributed by atoms with Crippen molar-refractivity contribution >= 4 is 23.2 Å². The van der Waals surface area contributed by atoms with E-state index in [4.69, 9.17) is 4.74 Å². The Morgan fingerprint density at radius 1 is 0.969 bits per heavy atom. The fourth-order valence-corrected chi connectivity index (χ4v) is 4.19. The lowest BCUT2D eigenvalue weighted by atomic mass is 10.1. The number of carbonyl (C=O) groups excluding carboxylic acids is 2. The second kappa shape index (κ2) is 11.5. The van der Waals surface area contributed by atoms with Crippen molar-refractivity contribution in [3.05, 3.63) is 93.4 Å². The largest absolute Gasteiger partial charge is 0.383 e. The van der Waals surface area contributed by atoms with Gasteiger partial charge in [-0.2, -0.15) is 0 Å². The van der Waals surface area contributed by atoms with Crippen LogP contribution in [0, 0.1) is 12.7 Å². The molecule has 0 aliphatic rings. The van der Waals surface area contributed by atoms with Crippen LogP contribution in [-0.2, 0) is 22.6 Å². The van der Waals surface area contributed by atoms with E-state index in [2.05, 4.69) is 0 Å². The van der Waals surface area contributed by atoms with Crippen LogP contribution in [-0.4, -0.2) is 48.4 Å². The van der Waals surface area contributed by atoms with Gasteiger partial charge in [-0.15, -0.1) is 11.3 Å². The SMILES string of the molecule is COCCN(CC(=O)N(Cc1ccccc1)Cc1sccc1C)C(=O)c1ccc(F)cc1. The average Bonchev–Trinajstić information content (AvgIpc) is 3.21. The molecule has 168 valence electrons. The Hall–Kier alpha value is -3.03. The van der Waals surface area contributed by atoms with Gasteiger partial charge in [-0.05, 0) is 53.8 Å². The van der Waals surface area contributed by atoms with Crippen molar-refractivity contribution in [3.8, 4) is 0 Å². The summed E-state index contributed by atoms with van der Waals surface area (Å²) in [6.45, 7) is 3.41. The molecular weight excluding hydrogens is 427 g/mol. The van der Waals surface area contributed by atoms with Crippen molar-refractivity contribution in [3.63, 3.8) is 0 Å². The predicted molar refractivity (Wildman–Crippen MR) is 124 cm³/mol. The zero-order valence-corrected chi connectivity index (χ0v) is 19.1. The van der Waals surface area contributed by atoms with E-state index in [-0.39, 0.29) is 24.9 Å². The summed E-state index contributed by atoms with van der Waals surface area (Å²) in [4.78, 5) is 30.8. The summed E-state index contributed by atoms with van der Waals surface area (Å²) in [5.41, 5.74) is 2.49. The van der Waals surface area contributed by atoms with Crippen LogP contribution in [0.5, 0.6) is 0 Å². The lowest BCUT2D eigenvalue weighted by molar-refractivity contribution is -0.133. The van der Waals surface area contributed by atoms with E-state index >= 15 is 0 Å². The van der Waals surface area contributed by atoms with Crippen LogP contribution in [0.3, 0.4) is 0 Å². The third kappa shape index (κ3) is 6.48. The molecule has 0 aliphatic heterocycles. The van der Waals surface area contributed by atoms with E-state index in [0.717, 1.165) is 16.0 Å². The lowest BCUT2D eigenvalue weighted by Gasteiger charge is -2.28. The number of ether oxygens (including phenoxy) is 1. The van der Waals surface area contributed by atoms with Crippen molar-refractivity contribution in [2.75, 3.05) is 26.8 Å². The first-order chi connectivity index (χ1) is 15.5. The number of thiophene rings is 1. The summed E-state index contributed by atoms with van der Waals surface area (Å²) >= 11 is 1.61. The van der Waals surface area contributed by atoms with Gasteiger partial charge in [0.25, 0.3) is 5.91 Å². The lowest BCUT2D eigenvalue weighted by Crippen LogP contribution is -2.43.